The third-order valence-corrected chi connectivity index (χ3v) is 6.28. The summed E-state index contributed by atoms with van der Waals surface area (Å²) in [5.41, 5.74) is -0.871. The number of hydrogen-bond donors (Lipinski definition) is 2. The molecule has 0 bridgehead atoms. The number of amides is 2. The summed E-state index contributed by atoms with van der Waals surface area (Å²) < 4.78 is 10.9. The fourth-order valence-electron chi connectivity index (χ4n) is 4.62. The Morgan fingerprint density at radius 3 is 2.11 bits per heavy atom. The summed E-state index contributed by atoms with van der Waals surface area (Å²) in [4.78, 5) is 25.2. The summed E-state index contributed by atoms with van der Waals surface area (Å²) in [7, 11) is 0. The molecule has 2 amide bonds. The summed E-state index contributed by atoms with van der Waals surface area (Å²) in [6.45, 7) is 10.1. The van der Waals surface area contributed by atoms with Crippen LogP contribution in [0, 0.1) is 10.8 Å². The Labute approximate surface area is 170 Å². The molecule has 6 heteroatoms. The lowest BCUT2D eigenvalue weighted by atomic mass is 9.81. The minimum absolute atomic E-state index is 0.0868. The zero-order chi connectivity index (χ0) is 20.7. The fraction of sp³-hybridized carbons (Fsp3) is 0.909. The Morgan fingerprint density at radius 1 is 0.929 bits per heavy atom. The maximum absolute atomic E-state index is 13.2. The normalized spacial score (nSPS) is 20.7. The number of hydrogen-bond acceptors (Lipinski definition) is 4. The van der Waals surface area contributed by atoms with Gasteiger partial charge in [-0.1, -0.05) is 25.7 Å². The van der Waals surface area contributed by atoms with E-state index in [4.69, 9.17) is 9.47 Å². The van der Waals surface area contributed by atoms with Crippen molar-refractivity contribution < 1.29 is 19.1 Å². The molecular weight excluding hydrogens is 356 g/mol. The zero-order valence-corrected chi connectivity index (χ0v) is 18.3. The molecule has 0 saturated heterocycles. The zero-order valence-electron chi connectivity index (χ0n) is 18.3. The van der Waals surface area contributed by atoms with Gasteiger partial charge in [-0.15, -0.1) is 0 Å². The molecule has 6 nitrogen and oxygen atoms in total. The van der Waals surface area contributed by atoms with E-state index in [0.717, 1.165) is 58.2 Å². The molecule has 0 spiro atoms. The van der Waals surface area contributed by atoms with Crippen molar-refractivity contribution in [2.45, 2.75) is 91.1 Å². The van der Waals surface area contributed by atoms with Gasteiger partial charge in [-0.3, -0.25) is 4.79 Å². The average molecular weight is 397 g/mol. The van der Waals surface area contributed by atoms with Gasteiger partial charge in [-0.25, -0.2) is 4.79 Å². The third-order valence-electron chi connectivity index (χ3n) is 6.28. The van der Waals surface area contributed by atoms with E-state index >= 15 is 0 Å². The lowest BCUT2D eigenvalue weighted by Gasteiger charge is -2.33. The molecule has 162 valence electrons. The van der Waals surface area contributed by atoms with E-state index in [2.05, 4.69) is 10.6 Å². The van der Waals surface area contributed by atoms with Crippen LogP contribution < -0.4 is 10.6 Å². The first-order valence-electron chi connectivity index (χ1n) is 11.0. The minimum Gasteiger partial charge on any atom is -0.444 e. The van der Waals surface area contributed by atoms with E-state index in [0.29, 0.717) is 13.1 Å². The standard InChI is InChI=1S/C22H40N2O4/c1-5-27-15-14-21(10-6-7-11-21)16-23-18(25)22(12-8-9-13-22)17-24-19(26)28-20(2,3)4/h5-17H2,1-4H3,(H,23,25)(H,24,26). The molecule has 2 N–H and O–H groups in total. The largest absolute Gasteiger partial charge is 0.444 e. The van der Waals surface area contributed by atoms with Crippen molar-refractivity contribution in [3.63, 3.8) is 0 Å². The van der Waals surface area contributed by atoms with Crippen molar-refractivity contribution in [1.82, 2.24) is 10.6 Å². The smallest absolute Gasteiger partial charge is 0.407 e. The lowest BCUT2D eigenvalue weighted by Crippen LogP contribution is -2.50. The second kappa shape index (κ2) is 9.95. The van der Waals surface area contributed by atoms with Gasteiger partial charge in [0, 0.05) is 26.3 Å². The van der Waals surface area contributed by atoms with Crippen molar-refractivity contribution >= 4 is 12.0 Å². The number of alkyl carbamates (subject to hydrolysis) is 1. The van der Waals surface area contributed by atoms with Crippen molar-refractivity contribution in [2.75, 3.05) is 26.3 Å². The van der Waals surface area contributed by atoms with Crippen molar-refractivity contribution in [2.24, 2.45) is 10.8 Å². The second-order valence-corrected chi connectivity index (χ2v) is 9.68. The van der Waals surface area contributed by atoms with Gasteiger partial charge in [0.05, 0.1) is 5.41 Å². The number of rotatable bonds is 9. The number of carbonyl (C=O) groups excluding carboxylic acids is 2. The highest BCUT2D eigenvalue weighted by molar-refractivity contribution is 5.84. The van der Waals surface area contributed by atoms with E-state index in [1.165, 1.54) is 12.8 Å². The van der Waals surface area contributed by atoms with E-state index in [1.807, 2.05) is 27.7 Å². The first-order valence-corrected chi connectivity index (χ1v) is 11.0. The van der Waals surface area contributed by atoms with Crippen LogP contribution in [0.4, 0.5) is 4.79 Å². The maximum Gasteiger partial charge on any atom is 0.407 e. The van der Waals surface area contributed by atoms with Crippen LogP contribution in [0.1, 0.15) is 85.5 Å². The fourth-order valence-corrected chi connectivity index (χ4v) is 4.62. The van der Waals surface area contributed by atoms with E-state index in [1.54, 1.807) is 0 Å². The first-order chi connectivity index (χ1) is 13.2. The van der Waals surface area contributed by atoms with Crippen LogP contribution in [0.3, 0.4) is 0 Å². The Balaban J connectivity index is 1.91. The molecule has 0 aromatic carbocycles. The van der Waals surface area contributed by atoms with Crippen LogP contribution in [0.15, 0.2) is 0 Å². The van der Waals surface area contributed by atoms with Crippen LogP contribution in [0.5, 0.6) is 0 Å². The van der Waals surface area contributed by atoms with Crippen molar-refractivity contribution in [3.8, 4) is 0 Å². The third kappa shape index (κ3) is 6.64. The summed E-state index contributed by atoms with van der Waals surface area (Å²) in [5, 5.41) is 6.10. The van der Waals surface area contributed by atoms with Gasteiger partial charge in [-0.05, 0) is 65.2 Å². The quantitative estimate of drug-likeness (QED) is 0.573. The molecule has 2 aliphatic carbocycles. The van der Waals surface area contributed by atoms with Gasteiger partial charge in [-0.2, -0.15) is 0 Å². The molecule has 2 saturated carbocycles. The van der Waals surface area contributed by atoms with Gasteiger partial charge in [0.1, 0.15) is 5.60 Å². The molecule has 2 rings (SSSR count). The molecule has 2 aliphatic rings. The van der Waals surface area contributed by atoms with Crippen LogP contribution in [-0.4, -0.2) is 43.9 Å². The Morgan fingerprint density at radius 2 is 1.54 bits per heavy atom. The molecule has 2 fully saturated rings. The molecule has 0 radical (unpaired) electrons. The molecule has 0 aliphatic heterocycles. The Hall–Kier alpha value is -1.30. The topological polar surface area (TPSA) is 76.7 Å². The highest BCUT2D eigenvalue weighted by Crippen LogP contribution is 2.42. The number of ether oxygens (including phenoxy) is 2. The summed E-state index contributed by atoms with van der Waals surface area (Å²) in [5.74, 6) is 0.0868. The highest BCUT2D eigenvalue weighted by atomic mass is 16.6. The summed E-state index contributed by atoms with van der Waals surface area (Å²) >= 11 is 0. The second-order valence-electron chi connectivity index (χ2n) is 9.68. The average Bonchev–Trinajstić information content (AvgIpc) is 3.28. The van der Waals surface area contributed by atoms with Gasteiger partial charge in [0.2, 0.25) is 5.91 Å². The van der Waals surface area contributed by atoms with Gasteiger partial charge in [0.25, 0.3) is 0 Å². The SMILES string of the molecule is CCOCCC1(CNC(=O)C2(CNC(=O)OC(C)(C)C)CCCC2)CCCC1. The lowest BCUT2D eigenvalue weighted by molar-refractivity contribution is -0.131. The summed E-state index contributed by atoms with van der Waals surface area (Å²) in [6, 6.07) is 0. The highest BCUT2D eigenvalue weighted by Gasteiger charge is 2.43. The monoisotopic (exact) mass is 396 g/mol. The minimum atomic E-state index is -0.537. The molecular formula is C22H40N2O4. The van der Waals surface area contributed by atoms with Crippen LogP contribution in [-0.2, 0) is 14.3 Å². The van der Waals surface area contributed by atoms with Gasteiger partial charge in [0.15, 0.2) is 0 Å². The number of nitrogens with one attached hydrogen (secondary N) is 2. The van der Waals surface area contributed by atoms with E-state index < -0.39 is 17.1 Å². The first kappa shape index (κ1) is 23.0. The summed E-state index contributed by atoms with van der Waals surface area (Å²) in [6.07, 6.45) is 9.02. The van der Waals surface area contributed by atoms with Crippen molar-refractivity contribution in [1.29, 1.82) is 0 Å². The molecule has 0 aromatic heterocycles. The Bertz CT molecular complexity index is 515. The molecule has 0 atom stereocenters. The predicted molar refractivity (Wildman–Crippen MR) is 110 cm³/mol. The molecule has 0 heterocycles. The van der Waals surface area contributed by atoms with Crippen LogP contribution in [0.2, 0.25) is 0 Å². The van der Waals surface area contributed by atoms with E-state index in [9.17, 15) is 9.59 Å². The van der Waals surface area contributed by atoms with Crippen LogP contribution in [0.25, 0.3) is 0 Å². The Kier molecular flexibility index (Phi) is 8.17. The van der Waals surface area contributed by atoms with Crippen LogP contribution >= 0.6 is 0 Å². The molecule has 28 heavy (non-hydrogen) atoms. The van der Waals surface area contributed by atoms with Gasteiger partial charge < -0.3 is 20.1 Å². The van der Waals surface area contributed by atoms with E-state index in [-0.39, 0.29) is 11.3 Å². The predicted octanol–water partition coefficient (Wildman–Crippen LogP) is 4.17. The maximum atomic E-state index is 13.2. The molecule has 0 aromatic rings. The van der Waals surface area contributed by atoms with Crippen molar-refractivity contribution in [3.05, 3.63) is 0 Å². The molecule has 0 unspecified atom stereocenters. The number of carbonyl (C=O) groups is 2. The van der Waals surface area contributed by atoms with Gasteiger partial charge >= 0.3 is 6.09 Å².